The van der Waals surface area contributed by atoms with Crippen LogP contribution in [0.25, 0.3) is 0 Å². The summed E-state index contributed by atoms with van der Waals surface area (Å²) in [6, 6.07) is 5.75. The van der Waals surface area contributed by atoms with Gasteiger partial charge in [0.1, 0.15) is 12.1 Å². The van der Waals surface area contributed by atoms with E-state index in [-0.39, 0.29) is 0 Å². The fraction of sp³-hybridized carbons (Fsp3) is 0.0909. The van der Waals surface area contributed by atoms with Crippen LogP contribution in [0.2, 0.25) is 5.02 Å². The third-order valence-electron chi connectivity index (χ3n) is 2.19. The molecule has 0 aliphatic rings. The lowest BCUT2D eigenvalue weighted by atomic mass is 10.2. The summed E-state index contributed by atoms with van der Waals surface area (Å²) in [5.74, 6) is 0.793. The summed E-state index contributed by atoms with van der Waals surface area (Å²) in [7, 11) is 0. The van der Waals surface area contributed by atoms with Gasteiger partial charge in [-0.3, -0.25) is 0 Å². The number of nitrogens with one attached hydrogen (secondary N) is 1. The number of nitrogens with zero attached hydrogens (tertiary/aromatic N) is 2. The van der Waals surface area contributed by atoms with Crippen molar-refractivity contribution in [3.05, 3.63) is 44.9 Å². The van der Waals surface area contributed by atoms with Gasteiger partial charge in [-0.05, 0) is 47.2 Å². The second kappa shape index (κ2) is 4.97. The molecule has 0 amide bonds. The zero-order valence-corrected chi connectivity index (χ0v) is 11.5. The largest absolute Gasteiger partial charge is 0.339 e. The Morgan fingerprint density at radius 2 is 2.19 bits per heavy atom. The lowest BCUT2D eigenvalue weighted by molar-refractivity contribution is 1.15. The maximum Gasteiger partial charge on any atom is 0.147 e. The predicted molar refractivity (Wildman–Crippen MR) is 74.2 cm³/mol. The third kappa shape index (κ3) is 2.44. The molecule has 1 aromatic heterocycles. The summed E-state index contributed by atoms with van der Waals surface area (Å²) in [5, 5.41) is 3.98. The molecule has 0 aliphatic heterocycles. The first kappa shape index (κ1) is 11.6. The van der Waals surface area contributed by atoms with Crippen molar-refractivity contribution in [2.75, 3.05) is 5.32 Å². The summed E-state index contributed by atoms with van der Waals surface area (Å²) in [5.41, 5.74) is 1.97. The molecule has 0 aliphatic carbocycles. The van der Waals surface area contributed by atoms with Gasteiger partial charge in [-0.25, -0.2) is 9.97 Å². The van der Waals surface area contributed by atoms with Gasteiger partial charge in [0.15, 0.2) is 0 Å². The highest BCUT2D eigenvalue weighted by Gasteiger charge is 2.05. The van der Waals surface area contributed by atoms with Gasteiger partial charge in [-0.1, -0.05) is 17.7 Å². The molecule has 0 fully saturated rings. The summed E-state index contributed by atoms with van der Waals surface area (Å²) in [6.45, 7) is 1.97. The predicted octanol–water partition coefficient (Wildman–Crippen LogP) is 3.79. The number of rotatable bonds is 2. The maximum absolute atomic E-state index is 6.05. The molecule has 3 nitrogen and oxygen atoms in total. The first-order valence-corrected chi connectivity index (χ1v) is 6.12. The van der Waals surface area contributed by atoms with E-state index in [2.05, 4.69) is 37.9 Å². The van der Waals surface area contributed by atoms with E-state index >= 15 is 0 Å². The van der Waals surface area contributed by atoms with E-state index in [4.69, 9.17) is 11.6 Å². The average molecular weight is 346 g/mol. The SMILES string of the molecule is Cc1c(Cl)cccc1Nc1ncncc1I. The maximum atomic E-state index is 6.05. The normalized spacial score (nSPS) is 10.2. The molecule has 1 N–H and O–H groups in total. The molecular formula is C11H9ClIN3. The van der Waals surface area contributed by atoms with Crippen molar-refractivity contribution in [1.29, 1.82) is 0 Å². The van der Waals surface area contributed by atoms with E-state index in [9.17, 15) is 0 Å². The van der Waals surface area contributed by atoms with Gasteiger partial charge < -0.3 is 5.32 Å². The minimum absolute atomic E-state index is 0.745. The average Bonchev–Trinajstić information content (AvgIpc) is 2.28. The Balaban J connectivity index is 2.35. The van der Waals surface area contributed by atoms with Crippen LogP contribution in [0.4, 0.5) is 11.5 Å². The Bertz CT molecular complexity index is 516. The van der Waals surface area contributed by atoms with Crippen LogP contribution in [-0.2, 0) is 0 Å². The van der Waals surface area contributed by atoms with E-state index < -0.39 is 0 Å². The molecule has 2 rings (SSSR count). The molecule has 82 valence electrons. The number of hydrogen-bond donors (Lipinski definition) is 1. The Labute approximate surface area is 112 Å². The minimum Gasteiger partial charge on any atom is -0.339 e. The fourth-order valence-corrected chi connectivity index (χ4v) is 1.88. The van der Waals surface area contributed by atoms with Crippen molar-refractivity contribution < 1.29 is 0 Å². The van der Waals surface area contributed by atoms with Crippen LogP contribution in [0, 0.1) is 10.5 Å². The molecule has 0 saturated heterocycles. The van der Waals surface area contributed by atoms with E-state index in [1.165, 1.54) is 6.33 Å². The van der Waals surface area contributed by atoms with Crippen LogP contribution in [0.15, 0.2) is 30.7 Å². The van der Waals surface area contributed by atoms with E-state index in [1.54, 1.807) is 6.20 Å². The molecule has 1 aromatic carbocycles. The van der Waals surface area contributed by atoms with E-state index in [1.807, 2.05) is 25.1 Å². The first-order chi connectivity index (χ1) is 7.68. The van der Waals surface area contributed by atoms with Crippen LogP contribution in [0.1, 0.15) is 5.56 Å². The Morgan fingerprint density at radius 1 is 1.38 bits per heavy atom. The molecule has 1 heterocycles. The van der Waals surface area contributed by atoms with Crippen LogP contribution in [0.3, 0.4) is 0 Å². The highest BCUT2D eigenvalue weighted by molar-refractivity contribution is 14.1. The zero-order valence-electron chi connectivity index (χ0n) is 8.54. The van der Waals surface area contributed by atoms with Gasteiger partial charge >= 0.3 is 0 Å². The fourth-order valence-electron chi connectivity index (χ4n) is 1.28. The molecule has 0 saturated carbocycles. The molecule has 0 spiro atoms. The summed E-state index contributed by atoms with van der Waals surface area (Å²) >= 11 is 8.23. The van der Waals surface area contributed by atoms with Gasteiger partial charge in [0.2, 0.25) is 0 Å². The van der Waals surface area contributed by atoms with Crippen molar-refractivity contribution in [3.8, 4) is 0 Å². The van der Waals surface area contributed by atoms with E-state index in [0.29, 0.717) is 0 Å². The third-order valence-corrected chi connectivity index (χ3v) is 3.39. The number of aromatic nitrogens is 2. The van der Waals surface area contributed by atoms with Gasteiger partial charge in [0.25, 0.3) is 0 Å². The van der Waals surface area contributed by atoms with Crippen molar-refractivity contribution >= 4 is 45.7 Å². The molecule has 2 aromatic rings. The molecule has 5 heteroatoms. The number of anilines is 2. The van der Waals surface area contributed by atoms with Crippen molar-refractivity contribution in [2.24, 2.45) is 0 Å². The topological polar surface area (TPSA) is 37.8 Å². The Kier molecular flexibility index (Phi) is 3.60. The van der Waals surface area contributed by atoms with Gasteiger partial charge in [-0.2, -0.15) is 0 Å². The molecule has 0 bridgehead atoms. The second-order valence-electron chi connectivity index (χ2n) is 3.26. The van der Waals surface area contributed by atoms with Gasteiger partial charge in [0.05, 0.1) is 3.57 Å². The zero-order chi connectivity index (χ0) is 11.5. The second-order valence-corrected chi connectivity index (χ2v) is 4.83. The molecular weight excluding hydrogens is 336 g/mol. The Morgan fingerprint density at radius 3 is 2.94 bits per heavy atom. The lowest BCUT2D eigenvalue weighted by Gasteiger charge is -2.10. The number of halogens is 2. The van der Waals surface area contributed by atoms with Crippen LogP contribution < -0.4 is 5.32 Å². The minimum atomic E-state index is 0.745. The number of benzene rings is 1. The van der Waals surface area contributed by atoms with Crippen LogP contribution >= 0.6 is 34.2 Å². The molecule has 16 heavy (non-hydrogen) atoms. The summed E-state index contributed by atoms with van der Waals surface area (Å²) in [6.07, 6.45) is 3.28. The lowest BCUT2D eigenvalue weighted by Crippen LogP contribution is -1.98. The monoisotopic (exact) mass is 345 g/mol. The first-order valence-electron chi connectivity index (χ1n) is 4.66. The smallest absolute Gasteiger partial charge is 0.147 e. The van der Waals surface area contributed by atoms with Gasteiger partial charge in [0, 0.05) is 16.9 Å². The number of hydrogen-bond acceptors (Lipinski definition) is 3. The highest BCUT2D eigenvalue weighted by atomic mass is 127. The summed E-state index contributed by atoms with van der Waals surface area (Å²) in [4.78, 5) is 8.11. The summed E-state index contributed by atoms with van der Waals surface area (Å²) < 4.78 is 0.972. The molecule has 0 radical (unpaired) electrons. The molecule has 0 atom stereocenters. The quantitative estimate of drug-likeness (QED) is 0.842. The van der Waals surface area contributed by atoms with Crippen molar-refractivity contribution in [3.63, 3.8) is 0 Å². The van der Waals surface area contributed by atoms with E-state index in [0.717, 1.165) is 25.7 Å². The molecule has 0 unspecified atom stereocenters. The van der Waals surface area contributed by atoms with Gasteiger partial charge in [-0.15, -0.1) is 0 Å². The van der Waals surface area contributed by atoms with Crippen molar-refractivity contribution in [1.82, 2.24) is 9.97 Å². The highest BCUT2D eigenvalue weighted by Crippen LogP contribution is 2.26. The Hall–Kier alpha value is -0.880. The van der Waals surface area contributed by atoms with Crippen molar-refractivity contribution in [2.45, 2.75) is 6.92 Å². The standard InChI is InChI=1S/C11H9ClIN3/c1-7-8(12)3-2-4-10(7)16-11-9(13)5-14-6-15-11/h2-6H,1H3,(H,14,15,16). The van der Waals surface area contributed by atoms with Crippen LogP contribution in [-0.4, -0.2) is 9.97 Å². The van der Waals surface area contributed by atoms with Crippen LogP contribution in [0.5, 0.6) is 0 Å².